The highest BCUT2D eigenvalue weighted by Crippen LogP contribution is 2.22. The highest BCUT2D eigenvalue weighted by atomic mass is 16.5. The average Bonchev–Trinajstić information content (AvgIpc) is 3.09. The van der Waals surface area contributed by atoms with Crippen molar-refractivity contribution >= 4 is 5.82 Å². The smallest absolute Gasteiger partial charge is 0.226 e. The molecule has 3 rings (SSSR count). The molecule has 2 aromatic heterocycles. The van der Waals surface area contributed by atoms with Gasteiger partial charge < -0.3 is 14.5 Å². The molecule has 0 saturated carbocycles. The van der Waals surface area contributed by atoms with Crippen LogP contribution in [0.2, 0.25) is 0 Å². The van der Waals surface area contributed by atoms with Gasteiger partial charge in [-0.05, 0) is 19.1 Å². The third-order valence-corrected chi connectivity index (χ3v) is 4.04. The fraction of sp³-hybridized carbons (Fsp3) is 0.381. The lowest BCUT2D eigenvalue weighted by molar-refractivity contribution is 0.181. The van der Waals surface area contributed by atoms with E-state index in [1.54, 1.807) is 13.4 Å². The summed E-state index contributed by atoms with van der Waals surface area (Å²) in [7, 11) is 1.66. The van der Waals surface area contributed by atoms with Crippen LogP contribution in [0.3, 0.4) is 0 Å². The van der Waals surface area contributed by atoms with Crippen molar-refractivity contribution in [1.29, 1.82) is 0 Å². The lowest BCUT2D eigenvalue weighted by Crippen LogP contribution is -2.18. The third kappa shape index (κ3) is 4.92. The largest absolute Gasteiger partial charge is 0.444 e. The van der Waals surface area contributed by atoms with E-state index in [1.165, 1.54) is 5.56 Å². The van der Waals surface area contributed by atoms with E-state index in [-0.39, 0.29) is 5.41 Å². The Kier molecular flexibility index (Phi) is 5.56. The summed E-state index contributed by atoms with van der Waals surface area (Å²) in [4.78, 5) is 13.8. The number of methoxy groups -OCH3 is 1. The summed E-state index contributed by atoms with van der Waals surface area (Å²) in [6, 6.07) is 10.0. The van der Waals surface area contributed by atoms with Crippen LogP contribution in [-0.2, 0) is 23.3 Å². The quantitative estimate of drug-likeness (QED) is 0.693. The SMILES string of the molecule is COCc1cc(NCc2coc(-c3ccc(C)cc3)n2)nc(C(C)(C)C)n1. The van der Waals surface area contributed by atoms with Crippen LogP contribution in [0.4, 0.5) is 5.82 Å². The van der Waals surface area contributed by atoms with E-state index >= 15 is 0 Å². The molecule has 0 spiro atoms. The molecule has 0 atom stereocenters. The molecular weight excluding hydrogens is 340 g/mol. The van der Waals surface area contributed by atoms with E-state index < -0.39 is 0 Å². The Balaban J connectivity index is 1.74. The number of ether oxygens (including phenoxy) is 1. The lowest BCUT2D eigenvalue weighted by Gasteiger charge is -2.18. The summed E-state index contributed by atoms with van der Waals surface area (Å²) in [5.74, 6) is 2.15. The summed E-state index contributed by atoms with van der Waals surface area (Å²) in [6.45, 7) is 9.29. The predicted molar refractivity (Wildman–Crippen MR) is 105 cm³/mol. The first-order valence-corrected chi connectivity index (χ1v) is 8.98. The molecule has 1 aromatic carbocycles. The van der Waals surface area contributed by atoms with Gasteiger partial charge in [-0.15, -0.1) is 0 Å². The van der Waals surface area contributed by atoms with Crippen molar-refractivity contribution in [1.82, 2.24) is 15.0 Å². The Labute approximate surface area is 160 Å². The van der Waals surface area contributed by atoms with Crippen LogP contribution < -0.4 is 5.32 Å². The summed E-state index contributed by atoms with van der Waals surface area (Å²) < 4.78 is 10.8. The van der Waals surface area contributed by atoms with E-state index in [9.17, 15) is 0 Å². The second-order valence-corrected chi connectivity index (χ2v) is 7.61. The highest BCUT2D eigenvalue weighted by Gasteiger charge is 2.19. The van der Waals surface area contributed by atoms with Crippen LogP contribution in [0.5, 0.6) is 0 Å². The van der Waals surface area contributed by atoms with E-state index in [4.69, 9.17) is 9.15 Å². The van der Waals surface area contributed by atoms with Gasteiger partial charge in [0, 0.05) is 24.2 Å². The Morgan fingerprint density at radius 2 is 1.78 bits per heavy atom. The Morgan fingerprint density at radius 1 is 1.04 bits per heavy atom. The Hall–Kier alpha value is -2.73. The van der Waals surface area contributed by atoms with Crippen LogP contribution >= 0.6 is 0 Å². The second-order valence-electron chi connectivity index (χ2n) is 7.61. The first-order chi connectivity index (χ1) is 12.8. The number of nitrogens with one attached hydrogen (secondary N) is 1. The van der Waals surface area contributed by atoms with Crippen molar-refractivity contribution in [2.75, 3.05) is 12.4 Å². The molecule has 0 aliphatic carbocycles. The Bertz CT molecular complexity index is 895. The van der Waals surface area contributed by atoms with Gasteiger partial charge in [0.1, 0.15) is 17.9 Å². The molecule has 0 radical (unpaired) electrons. The fourth-order valence-corrected chi connectivity index (χ4v) is 2.54. The Morgan fingerprint density at radius 3 is 2.44 bits per heavy atom. The first kappa shape index (κ1) is 19.0. The minimum atomic E-state index is -0.146. The number of oxazole rings is 1. The van der Waals surface area contributed by atoms with Crippen LogP contribution in [0.1, 0.15) is 43.5 Å². The molecule has 1 N–H and O–H groups in total. The molecule has 142 valence electrons. The maximum Gasteiger partial charge on any atom is 0.226 e. The third-order valence-electron chi connectivity index (χ3n) is 4.04. The van der Waals surface area contributed by atoms with Crippen LogP contribution in [0, 0.1) is 6.92 Å². The van der Waals surface area contributed by atoms with Crippen molar-refractivity contribution in [2.45, 2.75) is 46.3 Å². The number of aryl methyl sites for hydroxylation is 1. The van der Waals surface area contributed by atoms with Crippen molar-refractivity contribution in [2.24, 2.45) is 0 Å². The van der Waals surface area contributed by atoms with Gasteiger partial charge in [-0.2, -0.15) is 0 Å². The summed E-state index contributed by atoms with van der Waals surface area (Å²) in [5.41, 5.74) is 3.69. The van der Waals surface area contributed by atoms with Gasteiger partial charge in [-0.3, -0.25) is 0 Å². The molecular formula is C21H26N4O2. The van der Waals surface area contributed by atoms with Gasteiger partial charge in [0.05, 0.1) is 24.5 Å². The number of nitrogens with zero attached hydrogens (tertiary/aromatic N) is 3. The molecule has 0 saturated heterocycles. The zero-order valence-corrected chi connectivity index (χ0v) is 16.5. The summed E-state index contributed by atoms with van der Waals surface area (Å²) in [6.07, 6.45) is 1.67. The normalized spacial score (nSPS) is 11.6. The van der Waals surface area contributed by atoms with Gasteiger partial charge in [0.2, 0.25) is 5.89 Å². The van der Waals surface area contributed by atoms with Gasteiger partial charge >= 0.3 is 0 Å². The van der Waals surface area contributed by atoms with Gasteiger partial charge in [0.25, 0.3) is 0 Å². The van der Waals surface area contributed by atoms with Crippen molar-refractivity contribution in [3.05, 3.63) is 59.4 Å². The van der Waals surface area contributed by atoms with Gasteiger partial charge in [0.15, 0.2) is 0 Å². The second kappa shape index (κ2) is 7.88. The average molecular weight is 366 g/mol. The zero-order chi connectivity index (χ0) is 19.4. The number of benzene rings is 1. The lowest BCUT2D eigenvalue weighted by atomic mass is 9.95. The minimum Gasteiger partial charge on any atom is -0.444 e. The predicted octanol–water partition coefficient (Wildman–Crippen LogP) is 4.50. The van der Waals surface area contributed by atoms with Crippen molar-refractivity contribution in [3.63, 3.8) is 0 Å². The first-order valence-electron chi connectivity index (χ1n) is 8.98. The van der Waals surface area contributed by atoms with Gasteiger partial charge in [-0.1, -0.05) is 38.5 Å². The maximum atomic E-state index is 5.62. The molecule has 6 heteroatoms. The molecule has 6 nitrogen and oxygen atoms in total. The number of rotatable bonds is 6. The number of aromatic nitrogens is 3. The van der Waals surface area contributed by atoms with E-state index in [0.717, 1.165) is 28.6 Å². The molecule has 0 fully saturated rings. The van der Waals surface area contributed by atoms with Crippen LogP contribution in [0.25, 0.3) is 11.5 Å². The number of anilines is 1. The van der Waals surface area contributed by atoms with Crippen LogP contribution in [-0.4, -0.2) is 22.1 Å². The van der Waals surface area contributed by atoms with E-state index in [1.807, 2.05) is 30.3 Å². The van der Waals surface area contributed by atoms with Crippen molar-refractivity contribution in [3.8, 4) is 11.5 Å². The molecule has 2 heterocycles. The molecule has 27 heavy (non-hydrogen) atoms. The molecule has 0 aliphatic rings. The highest BCUT2D eigenvalue weighted by molar-refractivity contribution is 5.53. The molecule has 3 aromatic rings. The maximum absolute atomic E-state index is 5.62. The van der Waals surface area contributed by atoms with E-state index in [2.05, 4.69) is 48.0 Å². The summed E-state index contributed by atoms with van der Waals surface area (Å²) >= 11 is 0. The molecule has 0 unspecified atom stereocenters. The van der Waals surface area contributed by atoms with Gasteiger partial charge in [-0.25, -0.2) is 15.0 Å². The minimum absolute atomic E-state index is 0.146. The monoisotopic (exact) mass is 366 g/mol. The molecule has 0 aliphatic heterocycles. The topological polar surface area (TPSA) is 73.1 Å². The number of hydrogen-bond donors (Lipinski definition) is 1. The molecule has 0 amide bonds. The summed E-state index contributed by atoms with van der Waals surface area (Å²) in [5, 5.41) is 3.32. The zero-order valence-electron chi connectivity index (χ0n) is 16.5. The van der Waals surface area contributed by atoms with Crippen molar-refractivity contribution < 1.29 is 9.15 Å². The van der Waals surface area contributed by atoms with Crippen LogP contribution in [0.15, 0.2) is 41.0 Å². The number of hydrogen-bond acceptors (Lipinski definition) is 6. The fourth-order valence-electron chi connectivity index (χ4n) is 2.54. The van der Waals surface area contributed by atoms with E-state index in [0.29, 0.717) is 19.0 Å². The standard InChI is InChI=1S/C21H26N4O2/c1-14-6-8-15(9-7-14)19-23-17(13-27-19)11-22-18-10-16(12-26-5)24-20(25-18)21(2,3)4/h6-10,13H,11-12H2,1-5H3,(H,22,24,25). The molecule has 0 bridgehead atoms.